The van der Waals surface area contributed by atoms with Crippen LogP contribution < -0.4 is 5.32 Å². The number of aryl methyl sites for hydroxylation is 1. The quantitative estimate of drug-likeness (QED) is 0.935. The van der Waals surface area contributed by atoms with Crippen LogP contribution in [0.25, 0.3) is 0 Å². The molecule has 0 unspecified atom stereocenters. The van der Waals surface area contributed by atoms with Crippen molar-refractivity contribution in [2.24, 2.45) is 0 Å². The van der Waals surface area contributed by atoms with Gasteiger partial charge in [-0.1, -0.05) is 24.3 Å². The van der Waals surface area contributed by atoms with Crippen molar-refractivity contribution in [1.82, 2.24) is 15.2 Å². The lowest BCUT2D eigenvalue weighted by atomic mass is 10.0. The minimum atomic E-state index is 0.620. The van der Waals surface area contributed by atoms with Crippen LogP contribution in [0.15, 0.2) is 30.5 Å². The van der Waals surface area contributed by atoms with Crippen molar-refractivity contribution >= 4 is 11.3 Å². The van der Waals surface area contributed by atoms with Crippen molar-refractivity contribution in [2.75, 3.05) is 13.1 Å². The van der Waals surface area contributed by atoms with E-state index in [9.17, 15) is 0 Å². The Morgan fingerprint density at radius 3 is 2.74 bits per heavy atom. The normalized spacial score (nSPS) is 22.4. The molecule has 4 rings (SSSR count). The van der Waals surface area contributed by atoms with Gasteiger partial charge in [0.15, 0.2) is 0 Å². The fourth-order valence-corrected chi connectivity index (χ4v) is 4.78. The maximum Gasteiger partial charge on any atom is 0.0897 e. The van der Waals surface area contributed by atoms with Crippen LogP contribution >= 0.6 is 11.3 Å². The van der Waals surface area contributed by atoms with Crippen LogP contribution in [0.2, 0.25) is 0 Å². The Hall–Kier alpha value is -1.23. The van der Waals surface area contributed by atoms with E-state index in [4.69, 9.17) is 0 Å². The molecule has 2 aromatic rings. The molecule has 1 saturated heterocycles. The number of benzene rings is 1. The van der Waals surface area contributed by atoms with Gasteiger partial charge in [-0.25, -0.2) is 4.98 Å². The molecule has 1 aliphatic carbocycles. The highest BCUT2D eigenvalue weighted by atomic mass is 32.1. The Balaban J connectivity index is 1.33. The van der Waals surface area contributed by atoms with Crippen molar-refractivity contribution in [3.8, 4) is 0 Å². The van der Waals surface area contributed by atoms with E-state index in [0.29, 0.717) is 12.1 Å². The number of thiazole rings is 1. The van der Waals surface area contributed by atoms with Crippen LogP contribution in [0.3, 0.4) is 0 Å². The topological polar surface area (TPSA) is 28.2 Å². The number of hydrogen-bond donors (Lipinski definition) is 1. The highest BCUT2D eigenvalue weighted by molar-refractivity contribution is 7.11. The molecule has 0 spiro atoms. The summed E-state index contributed by atoms with van der Waals surface area (Å²) in [5.41, 5.74) is 3.13. The van der Waals surface area contributed by atoms with Gasteiger partial charge in [0.2, 0.25) is 0 Å². The fourth-order valence-electron chi connectivity index (χ4n) is 4.03. The van der Waals surface area contributed by atoms with E-state index in [-0.39, 0.29) is 0 Å². The van der Waals surface area contributed by atoms with Crippen LogP contribution in [-0.4, -0.2) is 35.1 Å². The van der Waals surface area contributed by atoms with Crippen molar-refractivity contribution < 1.29 is 0 Å². The minimum Gasteiger partial charge on any atom is -0.308 e. The van der Waals surface area contributed by atoms with Gasteiger partial charge >= 0.3 is 0 Å². The summed E-state index contributed by atoms with van der Waals surface area (Å²) in [7, 11) is 0. The lowest BCUT2D eigenvalue weighted by Gasteiger charge is -2.37. The van der Waals surface area contributed by atoms with Gasteiger partial charge in [0.1, 0.15) is 0 Å². The van der Waals surface area contributed by atoms with E-state index in [2.05, 4.69) is 46.4 Å². The third-order valence-corrected chi connectivity index (χ3v) is 6.15. The summed E-state index contributed by atoms with van der Waals surface area (Å²) in [5, 5.41) is 4.92. The molecule has 1 aliphatic heterocycles. The molecule has 0 bridgehead atoms. The van der Waals surface area contributed by atoms with Crippen molar-refractivity contribution in [3.63, 3.8) is 0 Å². The molecule has 0 radical (unpaired) electrons. The first-order chi connectivity index (χ1) is 11.3. The predicted molar refractivity (Wildman–Crippen MR) is 95.9 cm³/mol. The van der Waals surface area contributed by atoms with Gasteiger partial charge in [-0.3, -0.25) is 4.90 Å². The number of nitrogens with one attached hydrogen (secondary N) is 1. The molecule has 0 amide bonds. The summed E-state index contributed by atoms with van der Waals surface area (Å²) >= 11 is 1.81. The van der Waals surface area contributed by atoms with Crippen molar-refractivity contribution in [3.05, 3.63) is 51.5 Å². The smallest absolute Gasteiger partial charge is 0.0897 e. The Morgan fingerprint density at radius 1 is 1.26 bits per heavy atom. The van der Waals surface area contributed by atoms with Crippen molar-refractivity contribution in [1.29, 1.82) is 0 Å². The number of rotatable bonds is 4. The lowest BCUT2D eigenvalue weighted by Crippen LogP contribution is -2.49. The standard InChI is InChI=1S/C19H25N3S/c1-14-20-11-19(23-14)12-21-17-7-4-8-22(13-17)18-9-15-5-2-3-6-16(15)10-18/h2-3,5-6,11,17-18,21H,4,7-10,12-13H2,1H3/t17-/m0/s1. The highest BCUT2D eigenvalue weighted by Gasteiger charge is 2.30. The molecule has 23 heavy (non-hydrogen) atoms. The van der Waals surface area contributed by atoms with E-state index in [1.54, 1.807) is 22.5 Å². The fraction of sp³-hybridized carbons (Fsp3) is 0.526. The van der Waals surface area contributed by atoms with E-state index in [1.165, 1.54) is 43.6 Å². The molecular formula is C19H25N3S. The van der Waals surface area contributed by atoms with Crippen LogP contribution in [0.1, 0.15) is 33.9 Å². The monoisotopic (exact) mass is 327 g/mol. The van der Waals surface area contributed by atoms with E-state index >= 15 is 0 Å². The highest BCUT2D eigenvalue weighted by Crippen LogP contribution is 2.27. The average Bonchev–Trinajstić information content (AvgIpc) is 3.19. The molecular weight excluding hydrogens is 302 g/mol. The molecule has 2 aliphatic rings. The van der Waals surface area contributed by atoms with Crippen LogP contribution in [0.4, 0.5) is 0 Å². The summed E-state index contributed by atoms with van der Waals surface area (Å²) in [6.07, 6.45) is 7.09. The molecule has 2 heterocycles. The summed E-state index contributed by atoms with van der Waals surface area (Å²) in [6, 6.07) is 10.3. The molecule has 4 heteroatoms. The van der Waals surface area contributed by atoms with Crippen LogP contribution in [0, 0.1) is 6.92 Å². The first-order valence-corrected chi connectivity index (χ1v) is 9.55. The zero-order valence-corrected chi connectivity index (χ0v) is 14.6. The van der Waals surface area contributed by atoms with Gasteiger partial charge in [-0.15, -0.1) is 11.3 Å². The second-order valence-corrected chi connectivity index (χ2v) is 8.21. The Bertz CT molecular complexity index is 641. The number of fused-ring (bicyclic) bond motifs is 1. The second kappa shape index (κ2) is 6.71. The third kappa shape index (κ3) is 3.49. The SMILES string of the molecule is Cc1ncc(CN[C@H]2CCCN(C3Cc4ccccc4C3)C2)s1. The van der Waals surface area contributed by atoms with E-state index < -0.39 is 0 Å². The predicted octanol–water partition coefficient (Wildman–Crippen LogP) is 3.17. The summed E-state index contributed by atoms with van der Waals surface area (Å²) in [6.45, 7) is 5.50. The van der Waals surface area contributed by atoms with Gasteiger partial charge in [-0.2, -0.15) is 0 Å². The summed E-state index contributed by atoms with van der Waals surface area (Å²) in [5.74, 6) is 0. The molecule has 1 aromatic carbocycles. The zero-order valence-electron chi connectivity index (χ0n) is 13.8. The summed E-state index contributed by atoms with van der Waals surface area (Å²) < 4.78 is 0. The number of hydrogen-bond acceptors (Lipinski definition) is 4. The minimum absolute atomic E-state index is 0.620. The van der Waals surface area contributed by atoms with Gasteiger partial charge in [0, 0.05) is 36.2 Å². The third-order valence-electron chi connectivity index (χ3n) is 5.23. The Morgan fingerprint density at radius 2 is 2.04 bits per heavy atom. The van der Waals surface area contributed by atoms with Crippen LogP contribution in [-0.2, 0) is 19.4 Å². The molecule has 1 atom stereocenters. The number of nitrogens with zero attached hydrogens (tertiary/aromatic N) is 2. The number of likely N-dealkylation sites (tertiary alicyclic amines) is 1. The van der Waals surface area contributed by atoms with Gasteiger partial charge < -0.3 is 5.32 Å². The molecule has 122 valence electrons. The first kappa shape index (κ1) is 15.3. The van der Waals surface area contributed by atoms with E-state index in [1.807, 2.05) is 6.20 Å². The zero-order chi connectivity index (χ0) is 15.6. The largest absolute Gasteiger partial charge is 0.308 e. The number of piperidine rings is 1. The Labute approximate surface area is 142 Å². The summed E-state index contributed by atoms with van der Waals surface area (Å²) in [4.78, 5) is 8.43. The molecule has 3 nitrogen and oxygen atoms in total. The van der Waals surface area contributed by atoms with Gasteiger partial charge in [0.25, 0.3) is 0 Å². The molecule has 0 saturated carbocycles. The molecule has 1 aromatic heterocycles. The number of aromatic nitrogens is 1. The maximum atomic E-state index is 4.35. The van der Waals surface area contributed by atoms with Gasteiger partial charge in [-0.05, 0) is 50.3 Å². The van der Waals surface area contributed by atoms with E-state index in [0.717, 1.165) is 11.6 Å². The molecule has 1 fully saturated rings. The maximum absolute atomic E-state index is 4.35. The average molecular weight is 327 g/mol. The van der Waals surface area contributed by atoms with Gasteiger partial charge in [0.05, 0.1) is 5.01 Å². The second-order valence-electron chi connectivity index (χ2n) is 6.89. The lowest BCUT2D eigenvalue weighted by molar-refractivity contribution is 0.140. The van der Waals surface area contributed by atoms with Crippen molar-refractivity contribution in [2.45, 2.75) is 51.2 Å². The Kier molecular flexibility index (Phi) is 4.47. The first-order valence-electron chi connectivity index (χ1n) is 8.73. The molecule has 1 N–H and O–H groups in total. The van der Waals surface area contributed by atoms with Crippen LogP contribution in [0.5, 0.6) is 0 Å².